The number of nitrogens with one attached hydrogen (secondary N) is 1. The van der Waals surface area contributed by atoms with Gasteiger partial charge in [0.1, 0.15) is 6.54 Å². The number of halogens is 6. The second-order valence-electron chi connectivity index (χ2n) is 6.11. The van der Waals surface area contributed by atoms with Gasteiger partial charge in [-0.05, 0) is 46.2 Å². The topological polar surface area (TPSA) is 29.1 Å². The molecule has 0 spiro atoms. The SMILES string of the molecule is O=C(NCC(F)(F)F)c1ccc2c(-c3ccc(C(F)(F)F)cc3)cccc2c1. The van der Waals surface area contributed by atoms with Crippen LogP contribution in [0.2, 0.25) is 0 Å². The fourth-order valence-corrected chi connectivity index (χ4v) is 2.80. The zero-order valence-electron chi connectivity index (χ0n) is 14.2. The number of amides is 1. The maximum absolute atomic E-state index is 12.7. The van der Waals surface area contributed by atoms with Crippen LogP contribution in [-0.2, 0) is 6.18 Å². The van der Waals surface area contributed by atoms with Crippen LogP contribution in [0.25, 0.3) is 21.9 Å². The summed E-state index contributed by atoms with van der Waals surface area (Å²) in [6.07, 6.45) is -8.95. The first-order valence-corrected chi connectivity index (χ1v) is 8.10. The van der Waals surface area contributed by atoms with E-state index in [0.29, 0.717) is 21.9 Å². The Kier molecular flexibility index (Phi) is 5.06. The Labute approximate surface area is 155 Å². The lowest BCUT2D eigenvalue weighted by Crippen LogP contribution is -2.33. The maximum atomic E-state index is 12.7. The van der Waals surface area contributed by atoms with Crippen LogP contribution in [0.15, 0.2) is 60.7 Å². The van der Waals surface area contributed by atoms with E-state index >= 15 is 0 Å². The van der Waals surface area contributed by atoms with Gasteiger partial charge in [0.2, 0.25) is 0 Å². The molecule has 2 nitrogen and oxygen atoms in total. The molecule has 0 heterocycles. The molecule has 0 unspecified atom stereocenters. The molecule has 0 aromatic heterocycles. The van der Waals surface area contributed by atoms with E-state index < -0.39 is 30.4 Å². The van der Waals surface area contributed by atoms with Gasteiger partial charge in [-0.25, -0.2) is 0 Å². The molecule has 8 heteroatoms. The molecule has 0 bridgehead atoms. The molecule has 0 saturated heterocycles. The number of carbonyl (C=O) groups excluding carboxylic acids is 1. The first kappa shape index (κ1) is 19.7. The number of hydrogen-bond acceptors (Lipinski definition) is 1. The van der Waals surface area contributed by atoms with Crippen molar-refractivity contribution in [1.29, 1.82) is 0 Å². The summed E-state index contributed by atoms with van der Waals surface area (Å²) < 4.78 is 74.9. The molecular formula is C20H13F6NO. The summed E-state index contributed by atoms with van der Waals surface area (Å²) >= 11 is 0. The second-order valence-corrected chi connectivity index (χ2v) is 6.11. The van der Waals surface area contributed by atoms with E-state index in [4.69, 9.17) is 0 Å². The van der Waals surface area contributed by atoms with Crippen molar-refractivity contribution in [2.24, 2.45) is 0 Å². The predicted molar refractivity (Wildman–Crippen MR) is 92.8 cm³/mol. The number of rotatable bonds is 3. The molecule has 3 aromatic carbocycles. The van der Waals surface area contributed by atoms with Gasteiger partial charge in [0.25, 0.3) is 5.91 Å². The Bertz CT molecular complexity index is 1010. The van der Waals surface area contributed by atoms with Crippen LogP contribution in [0.4, 0.5) is 26.3 Å². The molecule has 0 radical (unpaired) electrons. The standard InChI is InChI=1S/C20H13F6NO/c21-19(22,23)11-27-18(28)14-6-9-17-13(10-14)2-1-3-16(17)12-4-7-15(8-5-12)20(24,25)26/h1-10H,11H2,(H,27,28). The zero-order chi connectivity index (χ0) is 20.5. The predicted octanol–water partition coefficient (Wildman–Crippen LogP) is 5.82. The zero-order valence-corrected chi connectivity index (χ0v) is 14.2. The monoisotopic (exact) mass is 397 g/mol. The second kappa shape index (κ2) is 7.18. The fraction of sp³-hybridized carbons (Fsp3) is 0.150. The van der Waals surface area contributed by atoms with Gasteiger partial charge in [-0.2, -0.15) is 26.3 Å². The highest BCUT2D eigenvalue weighted by Crippen LogP contribution is 2.33. The van der Waals surface area contributed by atoms with E-state index in [2.05, 4.69) is 0 Å². The van der Waals surface area contributed by atoms with Gasteiger partial charge < -0.3 is 5.32 Å². The number of carbonyl (C=O) groups is 1. The highest BCUT2D eigenvalue weighted by atomic mass is 19.4. The fourth-order valence-electron chi connectivity index (χ4n) is 2.80. The first-order chi connectivity index (χ1) is 13.0. The third kappa shape index (κ3) is 4.44. The van der Waals surface area contributed by atoms with Gasteiger partial charge in [-0.3, -0.25) is 4.79 Å². The third-order valence-corrected chi connectivity index (χ3v) is 4.12. The Hall–Kier alpha value is -3.03. The van der Waals surface area contributed by atoms with Gasteiger partial charge >= 0.3 is 12.4 Å². The first-order valence-electron chi connectivity index (χ1n) is 8.10. The van der Waals surface area contributed by atoms with Crippen LogP contribution in [0.3, 0.4) is 0 Å². The summed E-state index contributed by atoms with van der Waals surface area (Å²) in [5, 5.41) is 3.04. The number of alkyl halides is 6. The average molecular weight is 397 g/mol. The van der Waals surface area contributed by atoms with E-state index in [1.54, 1.807) is 29.6 Å². The summed E-state index contributed by atoms with van der Waals surface area (Å²) in [4.78, 5) is 11.9. The van der Waals surface area contributed by atoms with Crippen LogP contribution in [0.1, 0.15) is 15.9 Å². The highest BCUT2D eigenvalue weighted by molar-refractivity contribution is 6.02. The van der Waals surface area contributed by atoms with Crippen molar-refractivity contribution >= 4 is 16.7 Å². The van der Waals surface area contributed by atoms with Gasteiger partial charge in [0.15, 0.2) is 0 Å². The smallest absolute Gasteiger partial charge is 0.343 e. The molecule has 0 fully saturated rings. The summed E-state index contributed by atoms with van der Waals surface area (Å²) in [6.45, 7) is -1.44. The molecular weight excluding hydrogens is 384 g/mol. The lowest BCUT2D eigenvalue weighted by molar-refractivity contribution is -0.137. The van der Waals surface area contributed by atoms with Crippen LogP contribution in [0.5, 0.6) is 0 Å². The molecule has 146 valence electrons. The van der Waals surface area contributed by atoms with Crippen molar-refractivity contribution < 1.29 is 31.1 Å². The Morgan fingerprint density at radius 1 is 0.857 bits per heavy atom. The number of benzene rings is 3. The molecule has 0 atom stereocenters. The summed E-state index contributed by atoms with van der Waals surface area (Å²) in [5.41, 5.74) is 0.489. The lowest BCUT2D eigenvalue weighted by atomic mass is 9.96. The third-order valence-electron chi connectivity index (χ3n) is 4.12. The van der Waals surface area contributed by atoms with E-state index in [1.165, 1.54) is 24.3 Å². The minimum atomic E-state index is -4.51. The Balaban J connectivity index is 1.93. The minimum absolute atomic E-state index is 0.0568. The lowest BCUT2D eigenvalue weighted by Gasteiger charge is -2.11. The van der Waals surface area contributed by atoms with Crippen LogP contribution < -0.4 is 5.32 Å². The van der Waals surface area contributed by atoms with Crippen LogP contribution in [0, 0.1) is 0 Å². The van der Waals surface area contributed by atoms with E-state index in [0.717, 1.165) is 12.1 Å². The maximum Gasteiger partial charge on any atom is 0.416 e. The average Bonchev–Trinajstić information content (AvgIpc) is 2.64. The molecule has 0 saturated carbocycles. The quantitative estimate of drug-likeness (QED) is 0.555. The molecule has 0 aliphatic carbocycles. The molecule has 1 amide bonds. The van der Waals surface area contributed by atoms with Crippen molar-refractivity contribution in [3.63, 3.8) is 0 Å². The highest BCUT2D eigenvalue weighted by Gasteiger charge is 2.30. The van der Waals surface area contributed by atoms with Crippen molar-refractivity contribution in [2.45, 2.75) is 12.4 Å². The minimum Gasteiger partial charge on any atom is -0.343 e. The van der Waals surface area contributed by atoms with Gasteiger partial charge in [-0.1, -0.05) is 36.4 Å². The molecule has 3 rings (SSSR count). The largest absolute Gasteiger partial charge is 0.416 e. The summed E-state index contributed by atoms with van der Waals surface area (Å²) in [7, 11) is 0. The van der Waals surface area contributed by atoms with Crippen molar-refractivity contribution in [2.75, 3.05) is 6.54 Å². The van der Waals surface area contributed by atoms with E-state index in [-0.39, 0.29) is 5.56 Å². The van der Waals surface area contributed by atoms with Gasteiger partial charge in [0.05, 0.1) is 5.56 Å². The van der Waals surface area contributed by atoms with Gasteiger partial charge in [-0.15, -0.1) is 0 Å². The summed E-state index contributed by atoms with van der Waals surface area (Å²) in [6, 6.07) is 14.1. The van der Waals surface area contributed by atoms with Crippen molar-refractivity contribution in [1.82, 2.24) is 5.32 Å². The van der Waals surface area contributed by atoms with Crippen LogP contribution in [-0.4, -0.2) is 18.6 Å². The molecule has 28 heavy (non-hydrogen) atoms. The van der Waals surface area contributed by atoms with E-state index in [9.17, 15) is 31.1 Å². The molecule has 0 aliphatic rings. The normalized spacial score (nSPS) is 12.2. The molecule has 0 aliphatic heterocycles. The number of fused-ring (bicyclic) bond motifs is 1. The Morgan fingerprint density at radius 2 is 1.54 bits per heavy atom. The Morgan fingerprint density at radius 3 is 2.14 bits per heavy atom. The summed E-state index contributed by atoms with van der Waals surface area (Å²) in [5.74, 6) is -0.862. The van der Waals surface area contributed by atoms with E-state index in [1.807, 2.05) is 0 Å². The van der Waals surface area contributed by atoms with Gasteiger partial charge in [0, 0.05) is 5.56 Å². The number of hydrogen-bond donors (Lipinski definition) is 1. The molecule has 1 N–H and O–H groups in total. The van der Waals surface area contributed by atoms with Crippen molar-refractivity contribution in [3.05, 3.63) is 71.8 Å². The molecule has 3 aromatic rings. The van der Waals surface area contributed by atoms with Crippen LogP contribution >= 0.6 is 0 Å². The van der Waals surface area contributed by atoms with Crippen molar-refractivity contribution in [3.8, 4) is 11.1 Å².